The summed E-state index contributed by atoms with van der Waals surface area (Å²) in [6, 6.07) is 10.9. The summed E-state index contributed by atoms with van der Waals surface area (Å²) in [5, 5.41) is 9.94. The summed E-state index contributed by atoms with van der Waals surface area (Å²) in [7, 11) is 1.58. The monoisotopic (exact) mass is 245 g/mol. The van der Waals surface area contributed by atoms with Gasteiger partial charge in [-0.1, -0.05) is 18.2 Å². The first-order valence-electron chi connectivity index (χ1n) is 5.65. The molecule has 2 rings (SSSR count). The molecule has 0 saturated carbocycles. The second-order valence-electron chi connectivity index (χ2n) is 3.76. The van der Waals surface area contributed by atoms with Crippen molar-refractivity contribution < 1.29 is 14.6 Å². The smallest absolute Gasteiger partial charge is 0.161 e. The molecule has 1 N–H and O–H groups in total. The number of rotatable bonds is 5. The van der Waals surface area contributed by atoms with Gasteiger partial charge in [0, 0.05) is 18.0 Å². The van der Waals surface area contributed by atoms with Gasteiger partial charge in [0.15, 0.2) is 11.5 Å². The molecule has 4 nitrogen and oxygen atoms in total. The van der Waals surface area contributed by atoms with Crippen molar-refractivity contribution >= 4 is 0 Å². The third kappa shape index (κ3) is 2.99. The van der Waals surface area contributed by atoms with Crippen molar-refractivity contribution in [3.63, 3.8) is 0 Å². The van der Waals surface area contributed by atoms with E-state index < -0.39 is 6.10 Å². The van der Waals surface area contributed by atoms with Gasteiger partial charge >= 0.3 is 0 Å². The number of methoxy groups -OCH3 is 1. The summed E-state index contributed by atoms with van der Waals surface area (Å²) in [5.41, 5.74) is 0.729. The Hall–Kier alpha value is -2.07. The molecule has 0 saturated heterocycles. The van der Waals surface area contributed by atoms with Crippen LogP contribution in [0.4, 0.5) is 0 Å². The van der Waals surface area contributed by atoms with E-state index in [0.717, 1.165) is 5.56 Å². The van der Waals surface area contributed by atoms with Crippen LogP contribution in [0.3, 0.4) is 0 Å². The Morgan fingerprint density at radius 1 is 1.17 bits per heavy atom. The summed E-state index contributed by atoms with van der Waals surface area (Å²) < 4.78 is 10.7. The van der Waals surface area contributed by atoms with Gasteiger partial charge in [-0.15, -0.1) is 0 Å². The molecule has 4 heteroatoms. The van der Waals surface area contributed by atoms with Gasteiger partial charge in [0.25, 0.3) is 0 Å². The molecule has 0 aliphatic carbocycles. The molecule has 1 unspecified atom stereocenters. The van der Waals surface area contributed by atoms with Crippen molar-refractivity contribution in [2.24, 2.45) is 0 Å². The Labute approximate surface area is 106 Å². The molecule has 0 aliphatic heterocycles. The van der Waals surface area contributed by atoms with Crippen LogP contribution >= 0.6 is 0 Å². The number of hydrogen-bond acceptors (Lipinski definition) is 4. The molecule has 2 aromatic rings. The van der Waals surface area contributed by atoms with Crippen molar-refractivity contribution in [2.45, 2.75) is 6.10 Å². The maximum atomic E-state index is 9.94. The van der Waals surface area contributed by atoms with Crippen molar-refractivity contribution in [2.75, 3.05) is 13.7 Å². The van der Waals surface area contributed by atoms with E-state index in [-0.39, 0.29) is 6.61 Å². The number of aliphatic hydroxyl groups is 1. The number of ether oxygens (including phenoxy) is 2. The van der Waals surface area contributed by atoms with Crippen molar-refractivity contribution in [1.29, 1.82) is 0 Å². The van der Waals surface area contributed by atoms with Crippen LogP contribution in [0.1, 0.15) is 11.7 Å². The van der Waals surface area contributed by atoms with Crippen LogP contribution < -0.4 is 9.47 Å². The van der Waals surface area contributed by atoms with Crippen LogP contribution in [-0.4, -0.2) is 23.8 Å². The Bertz CT molecular complexity index is 487. The first kappa shape index (κ1) is 12.4. The average Bonchev–Trinajstić information content (AvgIpc) is 2.46. The van der Waals surface area contributed by atoms with Crippen LogP contribution in [0.2, 0.25) is 0 Å². The predicted molar refractivity (Wildman–Crippen MR) is 67.7 cm³/mol. The lowest BCUT2D eigenvalue weighted by molar-refractivity contribution is 0.106. The number of aliphatic hydroxyl groups excluding tert-OH is 1. The third-order valence-electron chi connectivity index (χ3n) is 2.53. The fraction of sp³-hybridized carbons (Fsp3) is 0.214. The number of benzene rings is 1. The highest BCUT2D eigenvalue weighted by Crippen LogP contribution is 2.26. The number of nitrogens with zero attached hydrogens (tertiary/aromatic N) is 1. The molecular weight excluding hydrogens is 230 g/mol. The number of hydrogen-bond donors (Lipinski definition) is 1. The Morgan fingerprint density at radius 2 is 1.94 bits per heavy atom. The van der Waals surface area contributed by atoms with E-state index in [1.807, 2.05) is 24.3 Å². The van der Waals surface area contributed by atoms with Crippen LogP contribution in [-0.2, 0) is 0 Å². The summed E-state index contributed by atoms with van der Waals surface area (Å²) in [4.78, 5) is 3.95. The number of aromatic nitrogens is 1. The topological polar surface area (TPSA) is 51.6 Å². The minimum atomic E-state index is -0.705. The van der Waals surface area contributed by atoms with E-state index in [1.165, 1.54) is 0 Å². The molecule has 0 bridgehead atoms. The molecule has 94 valence electrons. The first-order valence-corrected chi connectivity index (χ1v) is 5.65. The van der Waals surface area contributed by atoms with E-state index >= 15 is 0 Å². The summed E-state index contributed by atoms with van der Waals surface area (Å²) in [6.45, 7) is 0.159. The van der Waals surface area contributed by atoms with Crippen molar-refractivity contribution in [3.05, 3.63) is 54.4 Å². The first-order chi connectivity index (χ1) is 8.81. The highest BCUT2D eigenvalue weighted by Gasteiger charge is 2.10. The Balaban J connectivity index is 1.99. The molecule has 0 radical (unpaired) electrons. The zero-order valence-corrected chi connectivity index (χ0v) is 10.1. The van der Waals surface area contributed by atoms with E-state index in [9.17, 15) is 5.11 Å². The van der Waals surface area contributed by atoms with Gasteiger partial charge in [-0.25, -0.2) is 0 Å². The van der Waals surface area contributed by atoms with Crippen LogP contribution in [0.15, 0.2) is 48.8 Å². The molecule has 0 spiro atoms. The minimum absolute atomic E-state index is 0.159. The minimum Gasteiger partial charge on any atom is -0.493 e. The Kier molecular flexibility index (Phi) is 4.15. The molecule has 1 atom stereocenters. The molecule has 0 amide bonds. The van der Waals surface area contributed by atoms with Crippen LogP contribution in [0.25, 0.3) is 0 Å². The van der Waals surface area contributed by atoms with E-state index in [2.05, 4.69) is 4.98 Å². The van der Waals surface area contributed by atoms with E-state index in [1.54, 1.807) is 31.6 Å². The van der Waals surface area contributed by atoms with Gasteiger partial charge in [0.1, 0.15) is 12.7 Å². The average molecular weight is 245 g/mol. The largest absolute Gasteiger partial charge is 0.493 e. The second-order valence-corrected chi connectivity index (χ2v) is 3.76. The van der Waals surface area contributed by atoms with Gasteiger partial charge in [-0.05, 0) is 18.2 Å². The molecule has 1 aromatic carbocycles. The highest BCUT2D eigenvalue weighted by molar-refractivity contribution is 5.39. The number of para-hydroxylation sites is 2. The van der Waals surface area contributed by atoms with E-state index in [0.29, 0.717) is 11.5 Å². The van der Waals surface area contributed by atoms with Gasteiger partial charge < -0.3 is 14.6 Å². The fourth-order valence-corrected chi connectivity index (χ4v) is 1.58. The maximum absolute atomic E-state index is 9.94. The predicted octanol–water partition coefficient (Wildman–Crippen LogP) is 2.20. The number of pyridine rings is 1. The van der Waals surface area contributed by atoms with Crippen LogP contribution in [0, 0.1) is 0 Å². The fourth-order valence-electron chi connectivity index (χ4n) is 1.58. The molecule has 0 fully saturated rings. The molecule has 1 aromatic heterocycles. The molecule has 1 heterocycles. The lowest BCUT2D eigenvalue weighted by Crippen LogP contribution is -2.10. The summed E-state index contributed by atoms with van der Waals surface area (Å²) in [6.07, 6.45) is 2.58. The van der Waals surface area contributed by atoms with Crippen LogP contribution in [0.5, 0.6) is 11.5 Å². The maximum Gasteiger partial charge on any atom is 0.161 e. The summed E-state index contributed by atoms with van der Waals surface area (Å²) >= 11 is 0. The van der Waals surface area contributed by atoms with Crippen molar-refractivity contribution in [1.82, 2.24) is 4.98 Å². The standard InChI is InChI=1S/C14H15NO3/c1-17-13-6-2-3-7-14(13)18-10-12(16)11-5-4-8-15-9-11/h2-9,12,16H,10H2,1H3. The summed E-state index contributed by atoms with van der Waals surface area (Å²) in [5.74, 6) is 1.26. The second kappa shape index (κ2) is 6.02. The normalized spacial score (nSPS) is 11.9. The zero-order valence-electron chi connectivity index (χ0n) is 10.1. The molecule has 18 heavy (non-hydrogen) atoms. The highest BCUT2D eigenvalue weighted by atomic mass is 16.5. The quantitative estimate of drug-likeness (QED) is 0.877. The SMILES string of the molecule is COc1ccccc1OCC(O)c1cccnc1. The Morgan fingerprint density at radius 3 is 2.61 bits per heavy atom. The lowest BCUT2D eigenvalue weighted by Gasteiger charge is -2.14. The van der Waals surface area contributed by atoms with Gasteiger partial charge in [0.2, 0.25) is 0 Å². The lowest BCUT2D eigenvalue weighted by atomic mass is 10.2. The van der Waals surface area contributed by atoms with E-state index in [4.69, 9.17) is 9.47 Å². The third-order valence-corrected chi connectivity index (χ3v) is 2.53. The molecule has 0 aliphatic rings. The van der Waals surface area contributed by atoms with Gasteiger partial charge in [0.05, 0.1) is 7.11 Å². The zero-order chi connectivity index (χ0) is 12.8. The van der Waals surface area contributed by atoms with Gasteiger partial charge in [-0.2, -0.15) is 0 Å². The molecular formula is C14H15NO3. The van der Waals surface area contributed by atoms with Gasteiger partial charge in [-0.3, -0.25) is 4.98 Å². The van der Waals surface area contributed by atoms with Crippen molar-refractivity contribution in [3.8, 4) is 11.5 Å².